The fourth-order valence-electron chi connectivity index (χ4n) is 4.30. The Bertz CT molecular complexity index is 1120. The summed E-state index contributed by atoms with van der Waals surface area (Å²) >= 11 is 0. The number of H-pyrrole nitrogens is 1. The molecule has 10 heteroatoms. The van der Waals surface area contributed by atoms with Crippen LogP contribution in [0.4, 0.5) is 17.5 Å². The van der Waals surface area contributed by atoms with Crippen molar-refractivity contribution >= 4 is 29.3 Å². The van der Waals surface area contributed by atoms with Gasteiger partial charge in [0, 0.05) is 31.3 Å². The number of anilines is 3. The van der Waals surface area contributed by atoms with Crippen molar-refractivity contribution in [3.8, 4) is 11.5 Å². The fraction of sp³-hybridized carbons (Fsp3) is 0.455. The van der Waals surface area contributed by atoms with E-state index < -0.39 is 17.4 Å². The largest absolute Gasteiger partial charge is 0.486 e. The van der Waals surface area contributed by atoms with Gasteiger partial charge in [-0.05, 0) is 30.9 Å². The number of carbonyl (C=O) groups excluding carboxylic acids is 2. The van der Waals surface area contributed by atoms with Crippen molar-refractivity contribution in [2.45, 2.75) is 32.1 Å². The molecule has 1 saturated heterocycles. The van der Waals surface area contributed by atoms with Gasteiger partial charge < -0.3 is 25.0 Å². The zero-order valence-electron chi connectivity index (χ0n) is 17.8. The first-order valence-corrected chi connectivity index (χ1v) is 10.9. The topological polar surface area (TPSA) is 126 Å². The summed E-state index contributed by atoms with van der Waals surface area (Å²) in [6.45, 7) is 4.67. The molecule has 5 rings (SSSR count). The maximum atomic E-state index is 13.1. The Morgan fingerprint density at radius 3 is 2.69 bits per heavy atom. The van der Waals surface area contributed by atoms with Crippen LogP contribution < -0.4 is 30.6 Å². The Balaban J connectivity index is 1.40. The number of nitrogens with zero attached hydrogens (tertiary/aromatic N) is 2. The van der Waals surface area contributed by atoms with E-state index in [2.05, 4.69) is 27.5 Å². The molecule has 1 atom stereocenters. The Labute approximate surface area is 184 Å². The second-order valence-corrected chi connectivity index (χ2v) is 8.47. The average Bonchev–Trinajstić information content (AvgIpc) is 2.78. The molecule has 2 aromatic rings. The predicted molar refractivity (Wildman–Crippen MR) is 118 cm³/mol. The van der Waals surface area contributed by atoms with Gasteiger partial charge in [-0.3, -0.25) is 19.4 Å². The van der Waals surface area contributed by atoms with E-state index in [1.165, 1.54) is 0 Å². The predicted octanol–water partition coefficient (Wildman–Crippen LogP) is 1.84. The number of carbonyl (C=O) groups is 2. The molecule has 3 aliphatic rings. The van der Waals surface area contributed by atoms with E-state index in [9.17, 15) is 14.4 Å². The molecule has 10 nitrogen and oxygen atoms in total. The van der Waals surface area contributed by atoms with Gasteiger partial charge in [-0.15, -0.1) is 0 Å². The molecule has 2 amide bonds. The van der Waals surface area contributed by atoms with E-state index in [1.807, 2.05) is 4.90 Å². The summed E-state index contributed by atoms with van der Waals surface area (Å²) in [5.74, 6) is 0.603. The highest BCUT2D eigenvalue weighted by molar-refractivity contribution is 6.04. The second-order valence-electron chi connectivity index (χ2n) is 8.47. The standard InChI is InChI=1S/C22H25N5O5/c1-12-4-6-27(7-5-12)22-25-19-18(21(30)26-22)14(11-17(28)24-19)20(29)23-13-2-3-15-16(10-13)32-9-8-31-15/h2-3,10,12,14H,4-9,11H2,1H3,(H,23,29)(H2,24,25,26,28,30)/t14-/m0/s1. The number of hydrogen-bond acceptors (Lipinski definition) is 7. The molecule has 1 aromatic heterocycles. The third-order valence-corrected chi connectivity index (χ3v) is 6.15. The number of benzene rings is 1. The molecular weight excluding hydrogens is 414 g/mol. The Morgan fingerprint density at radius 2 is 1.91 bits per heavy atom. The average molecular weight is 439 g/mol. The maximum Gasteiger partial charge on any atom is 0.258 e. The SMILES string of the molecule is CC1CCN(c2nc3c(c(=O)[nH]2)[C@@H](C(=O)Nc2ccc4c(c2)OCCO4)CC(=O)N3)CC1. The van der Waals surface area contributed by atoms with Crippen LogP contribution in [0, 0.1) is 5.92 Å². The zero-order chi connectivity index (χ0) is 22.2. The van der Waals surface area contributed by atoms with Crippen molar-refractivity contribution in [2.75, 3.05) is 41.8 Å². The van der Waals surface area contributed by atoms with Crippen LogP contribution in [-0.4, -0.2) is 48.1 Å². The fourth-order valence-corrected chi connectivity index (χ4v) is 4.30. The minimum Gasteiger partial charge on any atom is -0.486 e. The van der Waals surface area contributed by atoms with Crippen LogP contribution in [0.25, 0.3) is 0 Å². The van der Waals surface area contributed by atoms with Gasteiger partial charge in [0.15, 0.2) is 11.5 Å². The number of rotatable bonds is 3. The van der Waals surface area contributed by atoms with Crippen LogP contribution in [0.15, 0.2) is 23.0 Å². The molecule has 0 unspecified atom stereocenters. The lowest BCUT2D eigenvalue weighted by Crippen LogP contribution is -2.39. The van der Waals surface area contributed by atoms with Crippen LogP contribution in [-0.2, 0) is 9.59 Å². The summed E-state index contributed by atoms with van der Waals surface area (Å²) in [6.07, 6.45) is 1.89. The van der Waals surface area contributed by atoms with Crippen LogP contribution >= 0.6 is 0 Å². The number of amides is 2. The van der Waals surface area contributed by atoms with Crippen molar-refractivity contribution < 1.29 is 19.1 Å². The van der Waals surface area contributed by atoms with E-state index in [1.54, 1.807) is 18.2 Å². The molecule has 0 radical (unpaired) electrons. The summed E-state index contributed by atoms with van der Waals surface area (Å²) in [6, 6.07) is 5.07. The highest BCUT2D eigenvalue weighted by atomic mass is 16.6. The summed E-state index contributed by atoms with van der Waals surface area (Å²) in [4.78, 5) is 47.7. The number of ether oxygens (including phenoxy) is 2. The highest BCUT2D eigenvalue weighted by Crippen LogP contribution is 2.34. The normalized spacial score (nSPS) is 20.3. The van der Waals surface area contributed by atoms with Crippen molar-refractivity contribution in [3.05, 3.63) is 34.1 Å². The first-order valence-electron chi connectivity index (χ1n) is 10.9. The molecular formula is C22H25N5O5. The molecule has 168 valence electrons. The second kappa shape index (κ2) is 8.18. The van der Waals surface area contributed by atoms with E-state index in [4.69, 9.17) is 9.47 Å². The summed E-state index contributed by atoms with van der Waals surface area (Å²) < 4.78 is 11.0. The molecule has 0 bridgehead atoms. The number of piperidine rings is 1. The summed E-state index contributed by atoms with van der Waals surface area (Å²) in [7, 11) is 0. The first-order chi connectivity index (χ1) is 15.5. The Hall–Kier alpha value is -3.56. The third-order valence-electron chi connectivity index (χ3n) is 6.15. The van der Waals surface area contributed by atoms with Crippen LogP contribution in [0.5, 0.6) is 11.5 Å². The molecule has 1 fully saturated rings. The van der Waals surface area contributed by atoms with Gasteiger partial charge in [0.05, 0.1) is 11.5 Å². The molecule has 0 saturated carbocycles. The van der Waals surface area contributed by atoms with Crippen LogP contribution in [0.1, 0.15) is 37.7 Å². The van der Waals surface area contributed by atoms with E-state index in [-0.39, 0.29) is 23.7 Å². The van der Waals surface area contributed by atoms with E-state index in [0.717, 1.165) is 25.9 Å². The van der Waals surface area contributed by atoms with Crippen molar-refractivity contribution in [1.82, 2.24) is 9.97 Å². The molecule has 4 heterocycles. The summed E-state index contributed by atoms with van der Waals surface area (Å²) in [5.41, 5.74) is 0.259. The Morgan fingerprint density at radius 1 is 1.16 bits per heavy atom. The molecule has 0 aliphatic carbocycles. The van der Waals surface area contributed by atoms with Gasteiger partial charge in [0.1, 0.15) is 19.0 Å². The van der Waals surface area contributed by atoms with Gasteiger partial charge >= 0.3 is 0 Å². The quantitative estimate of drug-likeness (QED) is 0.666. The van der Waals surface area contributed by atoms with E-state index in [0.29, 0.717) is 42.3 Å². The minimum absolute atomic E-state index is 0.130. The highest BCUT2D eigenvalue weighted by Gasteiger charge is 2.35. The number of aromatic amines is 1. The monoisotopic (exact) mass is 439 g/mol. The minimum atomic E-state index is -0.946. The van der Waals surface area contributed by atoms with Gasteiger partial charge in [-0.1, -0.05) is 6.92 Å². The van der Waals surface area contributed by atoms with Crippen molar-refractivity contribution in [1.29, 1.82) is 0 Å². The van der Waals surface area contributed by atoms with Crippen molar-refractivity contribution in [3.63, 3.8) is 0 Å². The maximum absolute atomic E-state index is 13.1. The third kappa shape index (κ3) is 3.88. The number of hydrogen-bond donors (Lipinski definition) is 3. The smallest absolute Gasteiger partial charge is 0.258 e. The van der Waals surface area contributed by atoms with Gasteiger partial charge in [0.25, 0.3) is 5.56 Å². The van der Waals surface area contributed by atoms with Gasteiger partial charge in [-0.2, -0.15) is 4.98 Å². The number of fused-ring (bicyclic) bond motifs is 2. The molecule has 32 heavy (non-hydrogen) atoms. The number of nitrogens with one attached hydrogen (secondary N) is 3. The summed E-state index contributed by atoms with van der Waals surface area (Å²) in [5, 5.41) is 5.45. The lowest BCUT2D eigenvalue weighted by atomic mass is 9.92. The molecule has 1 aromatic carbocycles. The van der Waals surface area contributed by atoms with Crippen LogP contribution in [0.2, 0.25) is 0 Å². The van der Waals surface area contributed by atoms with E-state index >= 15 is 0 Å². The van der Waals surface area contributed by atoms with Crippen molar-refractivity contribution in [2.24, 2.45) is 5.92 Å². The zero-order valence-corrected chi connectivity index (χ0v) is 17.8. The molecule has 3 aliphatic heterocycles. The van der Waals surface area contributed by atoms with Gasteiger partial charge in [-0.25, -0.2) is 0 Å². The lowest BCUT2D eigenvalue weighted by molar-refractivity contribution is -0.123. The lowest BCUT2D eigenvalue weighted by Gasteiger charge is -2.31. The van der Waals surface area contributed by atoms with Crippen LogP contribution in [0.3, 0.4) is 0 Å². The first kappa shape index (κ1) is 20.3. The number of aromatic nitrogens is 2. The van der Waals surface area contributed by atoms with Gasteiger partial charge in [0.2, 0.25) is 17.8 Å². The molecule has 3 N–H and O–H groups in total. The molecule has 0 spiro atoms. The Kier molecular flexibility index (Phi) is 5.20.